The first-order chi connectivity index (χ1) is 9.63. The fourth-order valence-electron chi connectivity index (χ4n) is 2.22. The number of hydrogen-bond acceptors (Lipinski definition) is 2. The van der Waals surface area contributed by atoms with Gasteiger partial charge in [0.1, 0.15) is 5.52 Å². The molecule has 0 radical (unpaired) electrons. The normalized spacial score (nSPS) is 12.8. The van der Waals surface area contributed by atoms with E-state index in [4.69, 9.17) is 16.0 Å². The molecule has 3 aromatic rings. The molecule has 0 N–H and O–H groups in total. The zero-order chi connectivity index (χ0) is 14.1. The fraction of sp³-hybridized carbons (Fsp3) is 0.188. The Kier molecular flexibility index (Phi) is 3.81. The van der Waals surface area contributed by atoms with Crippen LogP contribution in [0.2, 0.25) is 5.02 Å². The quantitative estimate of drug-likeness (QED) is 0.586. The number of para-hydroxylation sites is 2. The number of oxazole rings is 1. The van der Waals surface area contributed by atoms with Crippen LogP contribution in [0.15, 0.2) is 46.9 Å². The van der Waals surface area contributed by atoms with E-state index in [1.54, 1.807) is 0 Å². The standard InChI is InChI=1S/C16H13BrClNO/c1-10-6-7-11(18)8-12(10)13(17)9-16-19-14-4-2-3-5-15(14)20-16/h2-8,13H,9H2,1H3. The van der Waals surface area contributed by atoms with E-state index in [2.05, 4.69) is 27.8 Å². The minimum Gasteiger partial charge on any atom is -0.441 e. The minimum absolute atomic E-state index is 0.134. The molecule has 0 spiro atoms. The van der Waals surface area contributed by atoms with Crippen LogP contribution in [0.5, 0.6) is 0 Å². The molecular weight excluding hydrogens is 338 g/mol. The predicted molar refractivity (Wildman–Crippen MR) is 85.6 cm³/mol. The van der Waals surface area contributed by atoms with Crippen LogP contribution in [0.25, 0.3) is 11.1 Å². The molecular formula is C16H13BrClNO. The van der Waals surface area contributed by atoms with Gasteiger partial charge in [-0.15, -0.1) is 0 Å². The summed E-state index contributed by atoms with van der Waals surface area (Å²) in [5.74, 6) is 0.729. The Bertz CT molecular complexity index is 720. The molecule has 20 heavy (non-hydrogen) atoms. The Morgan fingerprint density at radius 3 is 2.85 bits per heavy atom. The summed E-state index contributed by atoms with van der Waals surface area (Å²) in [6, 6.07) is 13.7. The lowest BCUT2D eigenvalue weighted by Gasteiger charge is -2.11. The van der Waals surface area contributed by atoms with Crippen LogP contribution < -0.4 is 0 Å². The molecule has 0 aliphatic carbocycles. The zero-order valence-corrected chi connectivity index (χ0v) is 13.3. The number of hydrogen-bond donors (Lipinski definition) is 0. The summed E-state index contributed by atoms with van der Waals surface area (Å²) in [5.41, 5.74) is 4.09. The van der Waals surface area contributed by atoms with Gasteiger partial charge in [-0.05, 0) is 42.3 Å². The summed E-state index contributed by atoms with van der Waals surface area (Å²) in [6.45, 7) is 2.08. The van der Waals surface area contributed by atoms with Crippen molar-refractivity contribution in [2.45, 2.75) is 18.2 Å². The van der Waals surface area contributed by atoms with Crippen LogP contribution in [0.3, 0.4) is 0 Å². The Morgan fingerprint density at radius 2 is 2.05 bits per heavy atom. The van der Waals surface area contributed by atoms with E-state index in [-0.39, 0.29) is 4.83 Å². The summed E-state index contributed by atoms with van der Waals surface area (Å²) in [5, 5.41) is 0.743. The summed E-state index contributed by atoms with van der Waals surface area (Å²) >= 11 is 9.77. The maximum Gasteiger partial charge on any atom is 0.196 e. The van der Waals surface area contributed by atoms with Crippen molar-refractivity contribution in [3.63, 3.8) is 0 Å². The molecule has 0 bridgehead atoms. The van der Waals surface area contributed by atoms with E-state index in [1.807, 2.05) is 42.5 Å². The topological polar surface area (TPSA) is 26.0 Å². The van der Waals surface area contributed by atoms with E-state index in [9.17, 15) is 0 Å². The van der Waals surface area contributed by atoms with Crippen molar-refractivity contribution >= 4 is 38.6 Å². The SMILES string of the molecule is Cc1ccc(Cl)cc1C(Br)Cc1nc2ccccc2o1. The number of halogens is 2. The molecule has 0 saturated heterocycles. The number of alkyl halides is 1. The largest absolute Gasteiger partial charge is 0.441 e. The zero-order valence-electron chi connectivity index (χ0n) is 10.9. The number of aryl methyl sites for hydroxylation is 1. The van der Waals surface area contributed by atoms with E-state index < -0.39 is 0 Å². The van der Waals surface area contributed by atoms with Gasteiger partial charge in [-0.2, -0.15) is 0 Å². The average molecular weight is 351 g/mol. The molecule has 3 rings (SSSR count). The van der Waals surface area contributed by atoms with Gasteiger partial charge in [0.15, 0.2) is 11.5 Å². The van der Waals surface area contributed by atoms with Gasteiger partial charge in [-0.3, -0.25) is 0 Å². The molecule has 0 aliphatic heterocycles. The summed E-state index contributed by atoms with van der Waals surface area (Å²) in [7, 11) is 0. The second-order valence-corrected chi connectivity index (χ2v) is 6.29. The smallest absolute Gasteiger partial charge is 0.196 e. The molecule has 0 saturated carbocycles. The highest BCUT2D eigenvalue weighted by Gasteiger charge is 2.15. The van der Waals surface area contributed by atoms with Crippen molar-refractivity contribution in [2.24, 2.45) is 0 Å². The lowest BCUT2D eigenvalue weighted by molar-refractivity contribution is 0.527. The molecule has 102 valence electrons. The van der Waals surface area contributed by atoms with Crippen LogP contribution in [0.1, 0.15) is 21.8 Å². The third-order valence-electron chi connectivity index (χ3n) is 3.27. The molecule has 2 nitrogen and oxygen atoms in total. The van der Waals surface area contributed by atoms with Crippen LogP contribution in [0.4, 0.5) is 0 Å². The van der Waals surface area contributed by atoms with Crippen molar-refractivity contribution < 1.29 is 4.42 Å². The lowest BCUT2D eigenvalue weighted by atomic mass is 10.0. The summed E-state index contributed by atoms with van der Waals surface area (Å²) < 4.78 is 5.76. The molecule has 0 fully saturated rings. The third-order valence-corrected chi connectivity index (χ3v) is 4.32. The van der Waals surface area contributed by atoms with Crippen molar-refractivity contribution in [2.75, 3.05) is 0 Å². The van der Waals surface area contributed by atoms with Crippen molar-refractivity contribution in [3.05, 3.63) is 64.5 Å². The van der Waals surface area contributed by atoms with Crippen LogP contribution in [0, 0.1) is 6.92 Å². The summed E-state index contributed by atoms with van der Waals surface area (Å²) in [6.07, 6.45) is 0.690. The number of rotatable bonds is 3. The van der Waals surface area contributed by atoms with E-state index in [1.165, 1.54) is 11.1 Å². The molecule has 4 heteroatoms. The van der Waals surface area contributed by atoms with Crippen LogP contribution >= 0.6 is 27.5 Å². The second kappa shape index (κ2) is 5.58. The van der Waals surface area contributed by atoms with Gasteiger partial charge in [0.25, 0.3) is 0 Å². The van der Waals surface area contributed by atoms with Gasteiger partial charge in [0.05, 0.1) is 0 Å². The maximum absolute atomic E-state index is 6.07. The fourth-order valence-corrected chi connectivity index (χ4v) is 3.17. The first-order valence-corrected chi connectivity index (χ1v) is 7.67. The molecule has 1 atom stereocenters. The molecule has 2 aromatic carbocycles. The van der Waals surface area contributed by atoms with Crippen molar-refractivity contribution in [1.29, 1.82) is 0 Å². The second-order valence-electron chi connectivity index (χ2n) is 4.75. The van der Waals surface area contributed by atoms with E-state index >= 15 is 0 Å². The lowest BCUT2D eigenvalue weighted by Crippen LogP contribution is -1.98. The van der Waals surface area contributed by atoms with Gasteiger partial charge in [0.2, 0.25) is 0 Å². The van der Waals surface area contributed by atoms with Gasteiger partial charge < -0.3 is 4.42 Å². The monoisotopic (exact) mass is 349 g/mol. The minimum atomic E-state index is 0.134. The highest BCUT2D eigenvalue weighted by atomic mass is 79.9. The van der Waals surface area contributed by atoms with Gasteiger partial charge in [-0.1, -0.05) is 45.7 Å². The molecule has 0 amide bonds. The van der Waals surface area contributed by atoms with Crippen LogP contribution in [-0.2, 0) is 6.42 Å². The third kappa shape index (κ3) is 2.74. The Labute approximate surface area is 130 Å². The van der Waals surface area contributed by atoms with Gasteiger partial charge in [0, 0.05) is 16.3 Å². The number of aromatic nitrogens is 1. The van der Waals surface area contributed by atoms with Gasteiger partial charge >= 0.3 is 0 Å². The van der Waals surface area contributed by atoms with Gasteiger partial charge in [-0.25, -0.2) is 4.98 Å². The molecule has 0 aliphatic rings. The van der Waals surface area contributed by atoms with Crippen molar-refractivity contribution in [1.82, 2.24) is 4.98 Å². The number of fused-ring (bicyclic) bond motifs is 1. The average Bonchev–Trinajstić information content (AvgIpc) is 2.83. The predicted octanol–water partition coefficient (Wildman–Crippen LogP) is 5.47. The molecule has 1 aromatic heterocycles. The van der Waals surface area contributed by atoms with E-state index in [0.717, 1.165) is 22.0 Å². The Hall–Kier alpha value is -1.32. The maximum atomic E-state index is 6.07. The first kappa shape index (κ1) is 13.7. The highest BCUT2D eigenvalue weighted by Crippen LogP contribution is 2.31. The first-order valence-electron chi connectivity index (χ1n) is 6.38. The Morgan fingerprint density at radius 1 is 1.25 bits per heavy atom. The number of benzene rings is 2. The van der Waals surface area contributed by atoms with Crippen LogP contribution in [-0.4, -0.2) is 4.98 Å². The summed E-state index contributed by atoms with van der Waals surface area (Å²) in [4.78, 5) is 4.63. The van der Waals surface area contributed by atoms with E-state index in [0.29, 0.717) is 6.42 Å². The van der Waals surface area contributed by atoms with Crippen molar-refractivity contribution in [3.8, 4) is 0 Å². The Balaban J connectivity index is 1.88. The number of nitrogens with zero attached hydrogens (tertiary/aromatic N) is 1. The highest BCUT2D eigenvalue weighted by molar-refractivity contribution is 9.09. The molecule has 1 unspecified atom stereocenters. The molecule has 1 heterocycles.